The first-order valence-electron chi connectivity index (χ1n) is 9.50. The monoisotopic (exact) mass is 396 g/mol. The van der Waals surface area contributed by atoms with E-state index in [1.807, 2.05) is 30.3 Å². The molecule has 152 valence electrons. The van der Waals surface area contributed by atoms with Gasteiger partial charge in [0.2, 0.25) is 0 Å². The van der Waals surface area contributed by atoms with Gasteiger partial charge in [-0.05, 0) is 18.1 Å². The van der Waals surface area contributed by atoms with Gasteiger partial charge in [0.05, 0.1) is 6.61 Å². The average molecular weight is 397 g/mol. The van der Waals surface area contributed by atoms with Crippen molar-refractivity contribution in [3.8, 4) is 0 Å². The van der Waals surface area contributed by atoms with Gasteiger partial charge in [-0.2, -0.15) is 0 Å². The summed E-state index contributed by atoms with van der Waals surface area (Å²) in [4.78, 5) is 0. The molecule has 0 saturated carbocycles. The maximum Gasteiger partial charge on any atom is 0.192 e. The van der Waals surface area contributed by atoms with Gasteiger partial charge >= 0.3 is 0 Å². The molecule has 1 N–H and O–H groups in total. The smallest absolute Gasteiger partial charge is 0.192 e. The maximum atomic E-state index is 10.9. The highest BCUT2D eigenvalue weighted by Crippen LogP contribution is 2.41. The Bertz CT molecular complexity index is 617. The Morgan fingerprint density at radius 1 is 1.11 bits per heavy atom. The molecule has 0 aliphatic carbocycles. The van der Waals surface area contributed by atoms with Crippen LogP contribution in [0, 0.1) is 0 Å². The molecular weight excluding hydrogens is 364 g/mol. The lowest BCUT2D eigenvalue weighted by molar-refractivity contribution is -0.356. The predicted molar refractivity (Wildman–Crippen MR) is 104 cm³/mol. The molecule has 0 aromatic heterocycles. The third-order valence-electron chi connectivity index (χ3n) is 5.85. The molecule has 3 rings (SSSR count). The summed E-state index contributed by atoms with van der Waals surface area (Å²) in [6.07, 6.45) is -3.52. The number of ether oxygens (including phenoxy) is 4. The largest absolute Gasteiger partial charge is 0.408 e. The van der Waals surface area contributed by atoms with Crippen LogP contribution >= 0.6 is 0 Å². The second-order valence-electron chi connectivity index (χ2n) is 8.79. The zero-order valence-electron chi connectivity index (χ0n) is 17.0. The zero-order chi connectivity index (χ0) is 19.8. The highest BCUT2D eigenvalue weighted by atomic mass is 28.4. The van der Waals surface area contributed by atoms with Gasteiger partial charge in [0.1, 0.15) is 24.4 Å². The van der Waals surface area contributed by atoms with Crippen LogP contribution in [0.1, 0.15) is 32.6 Å². The van der Waals surface area contributed by atoms with Gasteiger partial charge < -0.3 is 28.5 Å². The lowest BCUT2D eigenvalue weighted by Gasteiger charge is -2.50. The second-order valence-corrected chi connectivity index (χ2v) is 13.5. The normalized spacial score (nSPS) is 34.9. The van der Waals surface area contributed by atoms with E-state index in [2.05, 4.69) is 33.9 Å². The van der Waals surface area contributed by atoms with Crippen LogP contribution in [0.2, 0.25) is 18.1 Å². The van der Waals surface area contributed by atoms with Gasteiger partial charge in [-0.15, -0.1) is 0 Å². The van der Waals surface area contributed by atoms with Crippen LogP contribution in [0.5, 0.6) is 0 Å². The van der Waals surface area contributed by atoms with E-state index in [1.54, 1.807) is 0 Å². The zero-order valence-corrected chi connectivity index (χ0v) is 18.0. The van der Waals surface area contributed by atoms with Crippen LogP contribution in [0.25, 0.3) is 0 Å². The van der Waals surface area contributed by atoms with E-state index in [4.69, 9.17) is 23.4 Å². The molecule has 2 fully saturated rings. The summed E-state index contributed by atoms with van der Waals surface area (Å²) >= 11 is 0. The van der Waals surface area contributed by atoms with Crippen molar-refractivity contribution in [1.82, 2.24) is 0 Å². The molecule has 1 unspecified atom stereocenters. The fourth-order valence-electron chi connectivity index (χ4n) is 3.19. The topological polar surface area (TPSA) is 66.4 Å². The van der Waals surface area contributed by atoms with Crippen LogP contribution < -0.4 is 0 Å². The van der Waals surface area contributed by atoms with Crippen molar-refractivity contribution in [3.05, 3.63) is 35.9 Å². The summed E-state index contributed by atoms with van der Waals surface area (Å²) in [5, 5.41) is 10.9. The van der Waals surface area contributed by atoms with Crippen molar-refractivity contribution in [2.24, 2.45) is 0 Å². The van der Waals surface area contributed by atoms with Crippen LogP contribution in [0.3, 0.4) is 0 Å². The second kappa shape index (κ2) is 7.91. The molecule has 27 heavy (non-hydrogen) atoms. The van der Waals surface area contributed by atoms with Gasteiger partial charge in [-0.3, -0.25) is 0 Å². The van der Waals surface area contributed by atoms with Crippen molar-refractivity contribution in [2.45, 2.75) is 75.9 Å². The molecule has 0 radical (unpaired) electrons. The molecule has 0 amide bonds. The molecule has 2 saturated heterocycles. The van der Waals surface area contributed by atoms with Crippen LogP contribution in [-0.2, 0) is 23.4 Å². The standard InChI is InChI=1S/C20H32O6Si/c1-20(2,3)27(5,6)26-17-15(21)19(22-4)24-14-12-23-18(25-16(14)17)13-10-8-7-9-11-13/h7-11,14-19,21H,12H2,1-6H3/t14-,15-,16-,17-,18?,19-/m1/s1. The van der Waals surface area contributed by atoms with Gasteiger partial charge in [0.25, 0.3) is 0 Å². The number of methoxy groups -OCH3 is 1. The average Bonchev–Trinajstić information content (AvgIpc) is 2.63. The first-order valence-corrected chi connectivity index (χ1v) is 12.4. The number of aliphatic hydroxyl groups is 1. The van der Waals surface area contributed by atoms with Crippen molar-refractivity contribution < 1.29 is 28.5 Å². The Morgan fingerprint density at radius 2 is 1.78 bits per heavy atom. The molecule has 6 nitrogen and oxygen atoms in total. The Labute approximate surface area is 162 Å². The third kappa shape index (κ3) is 4.29. The molecule has 2 heterocycles. The van der Waals surface area contributed by atoms with Crippen molar-refractivity contribution >= 4 is 8.32 Å². The van der Waals surface area contributed by atoms with Crippen LogP contribution in [0.4, 0.5) is 0 Å². The van der Waals surface area contributed by atoms with E-state index in [0.29, 0.717) is 6.61 Å². The third-order valence-corrected chi connectivity index (χ3v) is 10.3. The van der Waals surface area contributed by atoms with Gasteiger partial charge in [0.15, 0.2) is 20.9 Å². The van der Waals surface area contributed by atoms with Crippen molar-refractivity contribution in [3.63, 3.8) is 0 Å². The SMILES string of the molecule is CO[C@@H]1O[C@@H]2COC(c3ccccc3)O[C@H]2[C@H](O[Si](C)(C)C(C)(C)C)[C@H]1O. The molecule has 7 heteroatoms. The van der Waals surface area contributed by atoms with Crippen molar-refractivity contribution in [2.75, 3.05) is 13.7 Å². The minimum Gasteiger partial charge on any atom is -0.408 e. The van der Waals surface area contributed by atoms with E-state index in [9.17, 15) is 5.11 Å². The number of fused-ring (bicyclic) bond motifs is 1. The Balaban J connectivity index is 1.85. The Morgan fingerprint density at radius 3 is 2.37 bits per heavy atom. The predicted octanol–water partition coefficient (Wildman–Crippen LogP) is 3.22. The molecule has 0 spiro atoms. The van der Waals surface area contributed by atoms with E-state index in [-0.39, 0.29) is 11.1 Å². The summed E-state index contributed by atoms with van der Waals surface area (Å²) in [5.74, 6) is 0. The first kappa shape index (κ1) is 20.9. The van der Waals surface area contributed by atoms with Gasteiger partial charge in [-0.25, -0.2) is 0 Å². The van der Waals surface area contributed by atoms with Gasteiger partial charge in [-0.1, -0.05) is 51.1 Å². The molecular formula is C20H32O6Si. The summed E-state index contributed by atoms with van der Waals surface area (Å²) in [6.45, 7) is 11.2. The molecule has 1 aromatic carbocycles. The molecule has 0 bridgehead atoms. The molecule has 2 aliphatic rings. The first-order chi connectivity index (χ1) is 12.6. The van der Waals surface area contributed by atoms with Crippen molar-refractivity contribution in [1.29, 1.82) is 0 Å². The highest BCUT2D eigenvalue weighted by molar-refractivity contribution is 6.74. The maximum absolute atomic E-state index is 10.9. The minimum atomic E-state index is -2.15. The highest BCUT2D eigenvalue weighted by Gasteiger charge is 2.53. The van der Waals surface area contributed by atoms with E-state index >= 15 is 0 Å². The van der Waals surface area contributed by atoms with E-state index in [1.165, 1.54) is 7.11 Å². The fourth-order valence-corrected chi connectivity index (χ4v) is 4.50. The fraction of sp³-hybridized carbons (Fsp3) is 0.700. The quantitative estimate of drug-likeness (QED) is 0.789. The summed E-state index contributed by atoms with van der Waals surface area (Å²) in [6, 6.07) is 9.78. The summed E-state index contributed by atoms with van der Waals surface area (Å²) in [5.41, 5.74) is 0.936. The van der Waals surface area contributed by atoms with Crippen LogP contribution in [-0.4, -0.2) is 57.8 Å². The number of rotatable bonds is 4. The summed E-state index contributed by atoms with van der Waals surface area (Å²) in [7, 11) is -0.623. The minimum absolute atomic E-state index is 0.00703. The Kier molecular flexibility index (Phi) is 6.13. The number of hydrogen-bond acceptors (Lipinski definition) is 6. The molecule has 6 atom stereocenters. The lowest BCUT2D eigenvalue weighted by atomic mass is 9.98. The molecule has 2 aliphatic heterocycles. The molecule has 1 aromatic rings. The number of hydrogen-bond donors (Lipinski definition) is 1. The Hall–Kier alpha value is -0.803. The number of benzene rings is 1. The van der Waals surface area contributed by atoms with E-state index < -0.39 is 39.2 Å². The van der Waals surface area contributed by atoms with Gasteiger partial charge in [0, 0.05) is 12.7 Å². The van der Waals surface area contributed by atoms with E-state index in [0.717, 1.165) is 5.56 Å². The summed E-state index contributed by atoms with van der Waals surface area (Å²) < 4.78 is 29.9. The number of aliphatic hydroxyl groups excluding tert-OH is 1. The lowest BCUT2D eigenvalue weighted by Crippen LogP contribution is -2.65. The van der Waals surface area contributed by atoms with Crippen LogP contribution in [0.15, 0.2) is 30.3 Å².